The number of rotatable bonds is 12. The van der Waals surface area contributed by atoms with Crippen molar-refractivity contribution in [2.45, 2.75) is 26.2 Å². The number of aromatic nitrogens is 1. The Hall–Kier alpha value is -4.54. The van der Waals surface area contributed by atoms with Gasteiger partial charge < -0.3 is 30.1 Å². The van der Waals surface area contributed by atoms with E-state index in [1.54, 1.807) is 31.3 Å². The summed E-state index contributed by atoms with van der Waals surface area (Å²) in [6, 6.07) is 17.5. The fourth-order valence-electron chi connectivity index (χ4n) is 3.09. The SMILES string of the molecule is C=C(O)C(=O)O.CCOC(O)/C=C(\OCc1ccccc1)c1ncc(Cc2ccc(F)cc2)cc1NC=O. The fourth-order valence-corrected chi connectivity index (χ4v) is 3.09. The fraction of sp³-hybridized carbons (Fsp3) is 0.179. The van der Waals surface area contributed by atoms with E-state index in [4.69, 9.17) is 19.7 Å². The number of amides is 1. The number of aliphatic carboxylic acids is 1. The van der Waals surface area contributed by atoms with Crippen LogP contribution in [0.5, 0.6) is 0 Å². The van der Waals surface area contributed by atoms with Crippen LogP contribution in [0.4, 0.5) is 10.1 Å². The Morgan fingerprint density at radius 1 is 1.11 bits per heavy atom. The maximum Gasteiger partial charge on any atom is 0.370 e. The summed E-state index contributed by atoms with van der Waals surface area (Å²) in [5.41, 5.74) is 3.43. The van der Waals surface area contributed by atoms with Gasteiger partial charge in [0.25, 0.3) is 0 Å². The number of hydrogen-bond acceptors (Lipinski definition) is 7. The molecule has 3 aromatic rings. The van der Waals surface area contributed by atoms with Crippen LogP contribution in [0.25, 0.3) is 5.76 Å². The first-order chi connectivity index (χ1) is 18.2. The second-order valence-corrected chi connectivity index (χ2v) is 7.71. The number of carbonyl (C=O) groups excluding carboxylic acids is 1. The van der Waals surface area contributed by atoms with E-state index in [1.165, 1.54) is 18.2 Å². The molecular formula is C28H29FN2O7. The number of carboxylic acid groups (broad SMARTS) is 1. The molecule has 9 nitrogen and oxygen atoms in total. The predicted octanol–water partition coefficient (Wildman–Crippen LogP) is 4.44. The number of pyridine rings is 1. The van der Waals surface area contributed by atoms with E-state index >= 15 is 0 Å². The van der Waals surface area contributed by atoms with Crippen molar-refractivity contribution < 1.29 is 38.8 Å². The summed E-state index contributed by atoms with van der Waals surface area (Å²) in [7, 11) is 0. The minimum atomic E-state index is -1.38. The molecule has 0 saturated heterocycles. The lowest BCUT2D eigenvalue weighted by molar-refractivity contribution is -0.135. The number of aliphatic hydroxyl groups is 2. The molecule has 38 heavy (non-hydrogen) atoms. The number of nitrogens with zero attached hydrogens (tertiary/aromatic N) is 1. The number of carbonyl (C=O) groups is 2. The number of hydrogen-bond donors (Lipinski definition) is 4. The van der Waals surface area contributed by atoms with Crippen molar-refractivity contribution in [3.8, 4) is 0 Å². The Labute approximate surface area is 219 Å². The van der Waals surface area contributed by atoms with Gasteiger partial charge in [0, 0.05) is 18.9 Å². The summed E-state index contributed by atoms with van der Waals surface area (Å²) < 4.78 is 24.3. The normalized spacial score (nSPS) is 11.5. The molecule has 1 amide bonds. The van der Waals surface area contributed by atoms with Gasteiger partial charge >= 0.3 is 5.97 Å². The molecule has 2 aromatic carbocycles. The third-order valence-electron chi connectivity index (χ3n) is 4.83. The number of ether oxygens (including phenoxy) is 2. The standard InChI is InChI=1S/C25H25FN2O4.C3H4O3/c1-2-31-24(30)14-23(32-16-19-6-4-3-5-7-19)25-22(28-17-29)13-20(15-27-25)12-18-8-10-21(26)11-9-18;1-2(4)3(5)6/h3-11,13-15,17,24,30H,2,12,16H2,1H3,(H,28,29);4H,1H2,(H,5,6)/b23-14-;. The van der Waals surface area contributed by atoms with E-state index < -0.39 is 18.0 Å². The van der Waals surface area contributed by atoms with Gasteiger partial charge in [-0.1, -0.05) is 42.5 Å². The Balaban J connectivity index is 0.000000757. The third kappa shape index (κ3) is 10.2. The predicted molar refractivity (Wildman–Crippen MR) is 139 cm³/mol. The number of nitrogens with one attached hydrogen (secondary N) is 1. The van der Waals surface area contributed by atoms with Crippen LogP contribution in [0, 0.1) is 5.82 Å². The summed E-state index contributed by atoms with van der Waals surface area (Å²) in [5.74, 6) is -2.23. The molecule has 0 spiro atoms. The first-order valence-corrected chi connectivity index (χ1v) is 11.5. The second-order valence-electron chi connectivity index (χ2n) is 7.71. The van der Waals surface area contributed by atoms with Crippen molar-refractivity contribution in [3.05, 3.63) is 113 Å². The molecule has 1 unspecified atom stereocenters. The van der Waals surface area contributed by atoms with Crippen LogP contribution in [0.3, 0.4) is 0 Å². The van der Waals surface area contributed by atoms with Crippen molar-refractivity contribution in [1.29, 1.82) is 0 Å². The maximum atomic E-state index is 13.2. The van der Waals surface area contributed by atoms with Crippen molar-refractivity contribution in [2.75, 3.05) is 11.9 Å². The molecule has 0 fully saturated rings. The van der Waals surface area contributed by atoms with Crippen LogP contribution in [0.1, 0.15) is 29.3 Å². The van der Waals surface area contributed by atoms with Gasteiger partial charge in [-0.25, -0.2) is 9.18 Å². The van der Waals surface area contributed by atoms with Crippen molar-refractivity contribution in [1.82, 2.24) is 4.98 Å². The number of benzene rings is 2. The van der Waals surface area contributed by atoms with Crippen LogP contribution in [0.2, 0.25) is 0 Å². The molecule has 0 aliphatic heterocycles. The van der Waals surface area contributed by atoms with E-state index in [-0.39, 0.29) is 18.2 Å². The van der Waals surface area contributed by atoms with E-state index in [0.29, 0.717) is 30.8 Å². The molecular weight excluding hydrogens is 495 g/mol. The van der Waals surface area contributed by atoms with Gasteiger partial charge in [-0.15, -0.1) is 0 Å². The first-order valence-electron chi connectivity index (χ1n) is 11.5. The summed E-state index contributed by atoms with van der Waals surface area (Å²) in [6.45, 7) is 5.03. The van der Waals surface area contributed by atoms with Gasteiger partial charge in [0.15, 0.2) is 12.0 Å². The minimum absolute atomic E-state index is 0.241. The monoisotopic (exact) mass is 524 g/mol. The Morgan fingerprint density at radius 2 is 1.76 bits per heavy atom. The lowest BCUT2D eigenvalue weighted by Gasteiger charge is -2.16. The number of halogens is 1. The molecule has 0 aliphatic carbocycles. The van der Waals surface area contributed by atoms with Crippen molar-refractivity contribution >= 4 is 23.8 Å². The molecule has 4 N–H and O–H groups in total. The van der Waals surface area contributed by atoms with Gasteiger partial charge in [0.2, 0.25) is 6.41 Å². The van der Waals surface area contributed by atoms with Gasteiger partial charge in [-0.3, -0.25) is 9.78 Å². The zero-order valence-electron chi connectivity index (χ0n) is 20.7. The molecule has 0 aliphatic rings. The molecule has 1 heterocycles. The molecule has 1 atom stereocenters. The average Bonchev–Trinajstić information content (AvgIpc) is 2.89. The Morgan fingerprint density at radius 3 is 2.34 bits per heavy atom. The van der Waals surface area contributed by atoms with Gasteiger partial charge in [0.05, 0.1) is 5.69 Å². The zero-order valence-corrected chi connectivity index (χ0v) is 20.7. The molecule has 0 radical (unpaired) electrons. The van der Waals surface area contributed by atoms with Gasteiger partial charge in [-0.05, 0) is 54.8 Å². The summed E-state index contributed by atoms with van der Waals surface area (Å²) in [5, 5.41) is 28.3. The van der Waals surface area contributed by atoms with E-state index in [0.717, 1.165) is 16.7 Å². The number of anilines is 1. The van der Waals surface area contributed by atoms with Crippen LogP contribution in [0.15, 0.2) is 85.3 Å². The maximum absolute atomic E-state index is 13.2. The zero-order chi connectivity index (χ0) is 27.9. The summed E-state index contributed by atoms with van der Waals surface area (Å²) in [4.78, 5) is 25.1. The van der Waals surface area contributed by atoms with Crippen LogP contribution in [-0.2, 0) is 32.1 Å². The highest BCUT2D eigenvalue weighted by Gasteiger charge is 2.15. The smallest absolute Gasteiger partial charge is 0.370 e. The van der Waals surface area contributed by atoms with Crippen LogP contribution in [-0.4, -0.2) is 45.6 Å². The third-order valence-corrected chi connectivity index (χ3v) is 4.83. The molecule has 0 bridgehead atoms. The molecule has 3 rings (SSSR count). The highest BCUT2D eigenvalue weighted by Crippen LogP contribution is 2.26. The van der Waals surface area contributed by atoms with Crippen LogP contribution < -0.4 is 5.32 Å². The van der Waals surface area contributed by atoms with Gasteiger partial charge in [0.1, 0.15) is 23.9 Å². The number of aliphatic hydroxyl groups excluding tert-OH is 2. The topological polar surface area (TPSA) is 138 Å². The quantitative estimate of drug-likeness (QED) is 0.118. The average molecular weight is 525 g/mol. The van der Waals surface area contributed by atoms with E-state index in [9.17, 15) is 19.1 Å². The van der Waals surface area contributed by atoms with E-state index in [1.807, 2.05) is 30.3 Å². The second kappa shape index (κ2) is 15.5. The molecule has 1 aromatic heterocycles. The summed E-state index contributed by atoms with van der Waals surface area (Å²) in [6.07, 6.45) is 2.92. The minimum Gasteiger partial charge on any atom is -0.502 e. The number of carboxylic acids is 1. The lowest BCUT2D eigenvalue weighted by Crippen LogP contribution is -2.11. The highest BCUT2D eigenvalue weighted by molar-refractivity contribution is 5.82. The van der Waals surface area contributed by atoms with Crippen LogP contribution >= 0.6 is 0 Å². The summed E-state index contributed by atoms with van der Waals surface area (Å²) >= 11 is 0. The molecule has 200 valence electrons. The largest absolute Gasteiger partial charge is 0.502 e. The lowest BCUT2D eigenvalue weighted by atomic mass is 10.1. The molecule has 0 saturated carbocycles. The van der Waals surface area contributed by atoms with E-state index in [2.05, 4.69) is 16.9 Å². The van der Waals surface area contributed by atoms with Gasteiger partial charge in [-0.2, -0.15) is 0 Å². The highest BCUT2D eigenvalue weighted by atomic mass is 19.1. The van der Waals surface area contributed by atoms with Crippen molar-refractivity contribution in [3.63, 3.8) is 0 Å². The first kappa shape index (κ1) is 29.7. The van der Waals surface area contributed by atoms with Crippen molar-refractivity contribution in [2.24, 2.45) is 0 Å². The Kier molecular flexibility index (Phi) is 12.1. The Bertz CT molecular complexity index is 1220. The molecule has 10 heteroatoms.